The quantitative estimate of drug-likeness (QED) is 0.832. The zero-order valence-corrected chi connectivity index (χ0v) is 12.3. The van der Waals surface area contributed by atoms with Crippen LogP contribution in [-0.2, 0) is 0 Å². The number of aromatic amines is 1. The summed E-state index contributed by atoms with van der Waals surface area (Å²) in [5.41, 5.74) is 6.31. The van der Waals surface area contributed by atoms with Crippen LogP contribution < -0.4 is 17.0 Å². The van der Waals surface area contributed by atoms with Crippen LogP contribution in [0.15, 0.2) is 27.8 Å². The Balaban J connectivity index is 2.07. The molecule has 0 atom stereocenters. The highest BCUT2D eigenvalue weighted by Crippen LogP contribution is 2.32. The second-order valence-corrected chi connectivity index (χ2v) is 5.99. The van der Waals surface area contributed by atoms with Gasteiger partial charge in [-0.25, -0.2) is 4.79 Å². The van der Waals surface area contributed by atoms with Gasteiger partial charge in [0.25, 0.3) is 5.56 Å². The molecule has 5 nitrogen and oxygen atoms in total. The van der Waals surface area contributed by atoms with Gasteiger partial charge in [0.2, 0.25) is 0 Å². The molecule has 21 heavy (non-hydrogen) atoms. The number of hydrogen-bond donors (Lipinski definition) is 2. The first-order valence-corrected chi connectivity index (χ1v) is 7.64. The molecule has 0 spiro atoms. The third-order valence-corrected chi connectivity index (χ3v) is 4.71. The van der Waals surface area contributed by atoms with Crippen molar-refractivity contribution >= 4 is 16.6 Å². The van der Waals surface area contributed by atoms with Crippen LogP contribution >= 0.6 is 0 Å². The van der Waals surface area contributed by atoms with E-state index in [1.165, 1.54) is 11.0 Å². The molecule has 0 aliphatic heterocycles. The van der Waals surface area contributed by atoms with Gasteiger partial charge in [0.15, 0.2) is 0 Å². The maximum Gasteiger partial charge on any atom is 0.329 e. The van der Waals surface area contributed by atoms with Crippen molar-refractivity contribution < 1.29 is 0 Å². The lowest BCUT2D eigenvalue weighted by Crippen LogP contribution is -2.39. The molecule has 1 heterocycles. The molecule has 1 aromatic heterocycles. The Labute approximate surface area is 122 Å². The molecule has 3 N–H and O–H groups in total. The standard InChI is InChI=1S/C16H21N3O2/c1-2-10-3-6-12(7-4-10)19-15(20)13-9-11(17)5-8-14(13)18-16(19)21/h5,8-10,12H,2-4,6-7,17H2,1H3,(H,18,21)/t10-,12-. The van der Waals surface area contributed by atoms with Crippen molar-refractivity contribution in [2.75, 3.05) is 5.73 Å². The van der Waals surface area contributed by atoms with E-state index < -0.39 is 0 Å². The minimum atomic E-state index is -0.308. The highest BCUT2D eigenvalue weighted by atomic mass is 16.2. The third-order valence-electron chi connectivity index (χ3n) is 4.71. The number of fused-ring (bicyclic) bond motifs is 1. The first-order valence-electron chi connectivity index (χ1n) is 7.64. The topological polar surface area (TPSA) is 80.9 Å². The second kappa shape index (κ2) is 5.39. The van der Waals surface area contributed by atoms with Gasteiger partial charge >= 0.3 is 5.69 Å². The smallest absolute Gasteiger partial charge is 0.329 e. The molecule has 0 saturated heterocycles. The largest absolute Gasteiger partial charge is 0.399 e. The molecule has 2 aromatic rings. The minimum Gasteiger partial charge on any atom is -0.399 e. The molecule has 1 aromatic carbocycles. The molecule has 3 rings (SSSR count). The lowest BCUT2D eigenvalue weighted by molar-refractivity contribution is 0.261. The summed E-state index contributed by atoms with van der Waals surface area (Å²) in [5.74, 6) is 0.729. The van der Waals surface area contributed by atoms with Crippen molar-refractivity contribution in [1.29, 1.82) is 0 Å². The molecule has 0 radical (unpaired) electrons. The monoisotopic (exact) mass is 287 g/mol. The van der Waals surface area contributed by atoms with Crippen LogP contribution in [0.4, 0.5) is 5.69 Å². The highest BCUT2D eigenvalue weighted by molar-refractivity contribution is 5.80. The summed E-state index contributed by atoms with van der Waals surface area (Å²) in [6.07, 6.45) is 5.14. The van der Waals surface area contributed by atoms with Crippen LogP contribution in [0.1, 0.15) is 45.1 Å². The van der Waals surface area contributed by atoms with E-state index in [4.69, 9.17) is 5.73 Å². The molecule has 5 heteroatoms. The minimum absolute atomic E-state index is 0.00915. The van der Waals surface area contributed by atoms with Gasteiger partial charge in [-0.15, -0.1) is 0 Å². The van der Waals surface area contributed by atoms with Crippen LogP contribution in [0.5, 0.6) is 0 Å². The Hall–Kier alpha value is -2.04. The predicted octanol–water partition coefficient (Wildman–Crippen LogP) is 2.41. The summed E-state index contributed by atoms with van der Waals surface area (Å²) in [6, 6.07) is 5.03. The van der Waals surface area contributed by atoms with E-state index in [1.54, 1.807) is 18.2 Å². The van der Waals surface area contributed by atoms with Crippen LogP contribution in [0.2, 0.25) is 0 Å². The number of nitrogens with one attached hydrogen (secondary N) is 1. The normalized spacial score (nSPS) is 22.5. The highest BCUT2D eigenvalue weighted by Gasteiger charge is 2.24. The summed E-state index contributed by atoms with van der Waals surface area (Å²) in [4.78, 5) is 27.7. The molecule has 1 aliphatic rings. The molecule has 0 unspecified atom stereocenters. The zero-order chi connectivity index (χ0) is 15.0. The Morgan fingerprint density at radius 1 is 1.24 bits per heavy atom. The summed E-state index contributed by atoms with van der Waals surface area (Å²) >= 11 is 0. The van der Waals surface area contributed by atoms with E-state index in [0.29, 0.717) is 16.6 Å². The molecule has 1 saturated carbocycles. The number of aromatic nitrogens is 2. The van der Waals surface area contributed by atoms with Crippen molar-refractivity contribution in [2.24, 2.45) is 5.92 Å². The lowest BCUT2D eigenvalue weighted by Gasteiger charge is -2.28. The number of H-pyrrole nitrogens is 1. The summed E-state index contributed by atoms with van der Waals surface area (Å²) in [7, 11) is 0. The van der Waals surface area contributed by atoms with Gasteiger partial charge < -0.3 is 10.7 Å². The summed E-state index contributed by atoms with van der Waals surface area (Å²) in [5, 5.41) is 0.493. The zero-order valence-electron chi connectivity index (χ0n) is 12.3. The Morgan fingerprint density at radius 3 is 2.62 bits per heavy atom. The first-order chi connectivity index (χ1) is 10.1. The molecule has 112 valence electrons. The van der Waals surface area contributed by atoms with E-state index in [9.17, 15) is 9.59 Å². The van der Waals surface area contributed by atoms with Crippen molar-refractivity contribution in [3.05, 3.63) is 39.0 Å². The number of nitrogen functional groups attached to an aromatic ring is 1. The SMILES string of the molecule is CC[C@H]1CC[C@H](n2c(=O)[nH]c3ccc(N)cc3c2=O)CC1. The molecule has 0 amide bonds. The Kier molecular flexibility index (Phi) is 3.57. The molecule has 0 bridgehead atoms. The fraction of sp³-hybridized carbons (Fsp3) is 0.500. The molecule has 1 fully saturated rings. The van der Waals surface area contributed by atoms with Crippen molar-refractivity contribution in [1.82, 2.24) is 9.55 Å². The van der Waals surface area contributed by atoms with Gasteiger partial charge in [0.05, 0.1) is 10.9 Å². The average Bonchev–Trinajstić information content (AvgIpc) is 2.49. The Bertz CT molecular complexity index is 767. The van der Waals surface area contributed by atoms with Gasteiger partial charge in [0.1, 0.15) is 0 Å². The van der Waals surface area contributed by atoms with E-state index in [0.717, 1.165) is 31.6 Å². The maximum absolute atomic E-state index is 12.6. The number of rotatable bonds is 2. The summed E-state index contributed by atoms with van der Waals surface area (Å²) in [6.45, 7) is 2.20. The lowest BCUT2D eigenvalue weighted by atomic mass is 9.84. The first kappa shape index (κ1) is 13.9. The maximum atomic E-state index is 12.6. The second-order valence-electron chi connectivity index (χ2n) is 5.99. The number of benzene rings is 1. The van der Waals surface area contributed by atoms with Gasteiger partial charge in [-0.05, 0) is 49.8 Å². The number of nitrogens with zero attached hydrogens (tertiary/aromatic N) is 1. The van der Waals surface area contributed by atoms with E-state index in [1.807, 2.05) is 0 Å². The van der Waals surface area contributed by atoms with Gasteiger partial charge in [0, 0.05) is 11.7 Å². The predicted molar refractivity (Wildman–Crippen MR) is 84.5 cm³/mol. The molecular formula is C16H21N3O2. The number of nitrogens with two attached hydrogens (primary N) is 1. The molecular weight excluding hydrogens is 266 g/mol. The van der Waals surface area contributed by atoms with Crippen LogP contribution in [0, 0.1) is 5.92 Å². The van der Waals surface area contributed by atoms with Crippen molar-refractivity contribution in [3.63, 3.8) is 0 Å². The number of anilines is 1. The average molecular weight is 287 g/mol. The van der Waals surface area contributed by atoms with Gasteiger partial charge in [-0.1, -0.05) is 13.3 Å². The van der Waals surface area contributed by atoms with Gasteiger partial charge in [-0.3, -0.25) is 9.36 Å². The Morgan fingerprint density at radius 2 is 1.95 bits per heavy atom. The van der Waals surface area contributed by atoms with E-state index in [2.05, 4.69) is 11.9 Å². The van der Waals surface area contributed by atoms with Crippen molar-refractivity contribution in [2.45, 2.75) is 45.1 Å². The van der Waals surface area contributed by atoms with E-state index >= 15 is 0 Å². The van der Waals surface area contributed by atoms with E-state index in [-0.39, 0.29) is 17.3 Å². The van der Waals surface area contributed by atoms with Crippen molar-refractivity contribution in [3.8, 4) is 0 Å². The molecule has 1 aliphatic carbocycles. The fourth-order valence-corrected chi connectivity index (χ4v) is 3.39. The van der Waals surface area contributed by atoms with Crippen LogP contribution in [0.25, 0.3) is 10.9 Å². The van der Waals surface area contributed by atoms with Crippen LogP contribution in [-0.4, -0.2) is 9.55 Å². The van der Waals surface area contributed by atoms with Gasteiger partial charge in [-0.2, -0.15) is 0 Å². The van der Waals surface area contributed by atoms with Crippen LogP contribution in [0.3, 0.4) is 0 Å². The summed E-state index contributed by atoms with van der Waals surface area (Å²) < 4.78 is 1.40. The fourth-order valence-electron chi connectivity index (χ4n) is 3.39. The number of hydrogen-bond acceptors (Lipinski definition) is 3. The third kappa shape index (κ3) is 2.48.